The van der Waals surface area contributed by atoms with Crippen LogP contribution in [0.2, 0.25) is 5.02 Å². The van der Waals surface area contributed by atoms with Crippen molar-refractivity contribution in [2.75, 3.05) is 7.11 Å². The van der Waals surface area contributed by atoms with Crippen LogP contribution < -0.4 is 10.1 Å². The first kappa shape index (κ1) is 12.7. The van der Waals surface area contributed by atoms with Gasteiger partial charge in [-0.15, -0.1) is 0 Å². The van der Waals surface area contributed by atoms with E-state index in [0.29, 0.717) is 16.3 Å². The molecule has 18 heavy (non-hydrogen) atoms. The molecule has 1 heterocycles. The topological polar surface area (TPSA) is 75.6 Å². The molecule has 2 rings (SSSR count). The molecule has 0 saturated carbocycles. The van der Waals surface area contributed by atoms with Gasteiger partial charge < -0.3 is 15.2 Å². The predicted molar refractivity (Wildman–Crippen MR) is 64.6 cm³/mol. The van der Waals surface area contributed by atoms with Crippen LogP contribution in [0.15, 0.2) is 18.2 Å². The number of carbonyl (C=O) groups excluding carboxylic acids is 1. The van der Waals surface area contributed by atoms with Crippen molar-refractivity contribution >= 4 is 23.5 Å². The monoisotopic (exact) mass is 269 g/mol. The van der Waals surface area contributed by atoms with Gasteiger partial charge in [0.1, 0.15) is 5.75 Å². The highest BCUT2D eigenvalue weighted by Crippen LogP contribution is 2.34. The van der Waals surface area contributed by atoms with E-state index in [1.54, 1.807) is 18.2 Å². The second-order valence-electron chi connectivity index (χ2n) is 4.09. The summed E-state index contributed by atoms with van der Waals surface area (Å²) >= 11 is 5.99. The summed E-state index contributed by atoms with van der Waals surface area (Å²) < 4.78 is 5.02. The Kier molecular flexibility index (Phi) is 3.43. The summed E-state index contributed by atoms with van der Waals surface area (Å²) in [5.74, 6) is -1.51. The number of carboxylic acid groups (broad SMARTS) is 1. The summed E-state index contributed by atoms with van der Waals surface area (Å²) in [6, 6.07) is 4.43. The largest absolute Gasteiger partial charge is 0.495 e. The van der Waals surface area contributed by atoms with Crippen molar-refractivity contribution in [2.45, 2.75) is 12.5 Å². The molecule has 0 aliphatic carbocycles. The number of methoxy groups -OCH3 is 1. The van der Waals surface area contributed by atoms with Gasteiger partial charge in [-0.2, -0.15) is 0 Å². The third-order valence-corrected chi connectivity index (χ3v) is 3.27. The summed E-state index contributed by atoms with van der Waals surface area (Å²) in [7, 11) is 1.50. The Hall–Kier alpha value is -1.75. The molecule has 0 bridgehead atoms. The fourth-order valence-electron chi connectivity index (χ4n) is 2.07. The molecule has 0 aromatic heterocycles. The number of nitrogens with one attached hydrogen (secondary N) is 1. The van der Waals surface area contributed by atoms with Crippen LogP contribution in [0.3, 0.4) is 0 Å². The van der Waals surface area contributed by atoms with E-state index >= 15 is 0 Å². The van der Waals surface area contributed by atoms with Gasteiger partial charge in [-0.05, 0) is 17.7 Å². The summed E-state index contributed by atoms with van der Waals surface area (Å²) in [4.78, 5) is 22.4. The Labute approximate surface area is 109 Å². The van der Waals surface area contributed by atoms with Gasteiger partial charge in [0.15, 0.2) is 0 Å². The minimum absolute atomic E-state index is 0.0103. The smallest absolute Gasteiger partial charge is 0.309 e. The van der Waals surface area contributed by atoms with Crippen LogP contribution in [0.1, 0.15) is 18.0 Å². The number of carboxylic acids is 1. The van der Waals surface area contributed by atoms with Crippen LogP contribution in [0, 0.1) is 5.92 Å². The second-order valence-corrected chi connectivity index (χ2v) is 4.50. The van der Waals surface area contributed by atoms with Crippen LogP contribution in [0.4, 0.5) is 0 Å². The van der Waals surface area contributed by atoms with Gasteiger partial charge in [-0.1, -0.05) is 17.7 Å². The van der Waals surface area contributed by atoms with Gasteiger partial charge in [0.25, 0.3) is 0 Å². The molecular formula is C12H12ClNO4. The van der Waals surface area contributed by atoms with E-state index in [1.165, 1.54) is 7.11 Å². The minimum Gasteiger partial charge on any atom is -0.495 e. The van der Waals surface area contributed by atoms with E-state index in [1.807, 2.05) is 0 Å². The van der Waals surface area contributed by atoms with Crippen molar-refractivity contribution in [1.29, 1.82) is 0 Å². The zero-order valence-electron chi connectivity index (χ0n) is 9.64. The molecule has 5 nitrogen and oxygen atoms in total. The van der Waals surface area contributed by atoms with Gasteiger partial charge in [0.2, 0.25) is 5.91 Å². The minimum atomic E-state index is -0.995. The Morgan fingerprint density at radius 3 is 2.83 bits per heavy atom. The van der Waals surface area contributed by atoms with Crippen molar-refractivity contribution in [3.63, 3.8) is 0 Å². The van der Waals surface area contributed by atoms with Crippen molar-refractivity contribution in [1.82, 2.24) is 5.32 Å². The Morgan fingerprint density at radius 2 is 2.28 bits per heavy atom. The number of halogens is 1. The molecule has 96 valence electrons. The lowest BCUT2D eigenvalue weighted by Crippen LogP contribution is -2.24. The number of rotatable bonds is 3. The summed E-state index contributed by atoms with van der Waals surface area (Å²) in [6.07, 6.45) is -0.0103. The lowest BCUT2D eigenvalue weighted by atomic mass is 9.94. The van der Waals surface area contributed by atoms with Gasteiger partial charge in [-0.3, -0.25) is 9.59 Å². The molecule has 1 aliphatic rings. The molecule has 1 amide bonds. The number of hydrogen-bond donors (Lipinski definition) is 2. The molecule has 1 aromatic carbocycles. The third kappa shape index (κ3) is 2.26. The van der Waals surface area contributed by atoms with E-state index in [-0.39, 0.29) is 12.3 Å². The normalized spacial score (nSPS) is 22.7. The second kappa shape index (κ2) is 4.86. The number of benzene rings is 1. The van der Waals surface area contributed by atoms with Gasteiger partial charge in [-0.25, -0.2) is 0 Å². The zero-order valence-corrected chi connectivity index (χ0v) is 10.4. The van der Waals surface area contributed by atoms with E-state index in [9.17, 15) is 9.59 Å². The van der Waals surface area contributed by atoms with Crippen LogP contribution >= 0.6 is 11.6 Å². The lowest BCUT2D eigenvalue weighted by molar-refractivity contribution is -0.142. The van der Waals surface area contributed by atoms with E-state index in [4.69, 9.17) is 21.4 Å². The lowest BCUT2D eigenvalue weighted by Gasteiger charge is -2.16. The first-order valence-electron chi connectivity index (χ1n) is 5.38. The van der Waals surface area contributed by atoms with E-state index in [2.05, 4.69) is 5.32 Å². The maximum atomic E-state index is 11.3. The fraction of sp³-hybridized carbons (Fsp3) is 0.333. The van der Waals surface area contributed by atoms with Crippen LogP contribution in [-0.2, 0) is 9.59 Å². The first-order chi connectivity index (χ1) is 8.52. The van der Waals surface area contributed by atoms with Crippen LogP contribution in [0.25, 0.3) is 0 Å². The molecule has 1 aromatic rings. The number of aliphatic carboxylic acids is 1. The number of ether oxygens (including phenoxy) is 1. The van der Waals surface area contributed by atoms with Crippen molar-refractivity contribution < 1.29 is 19.4 Å². The Morgan fingerprint density at radius 1 is 1.56 bits per heavy atom. The Bertz CT molecular complexity index is 503. The standard InChI is InChI=1S/C12H12ClNO4/c1-18-9-3-2-6(4-8(9)13)11-7(12(16)17)5-10(15)14-11/h2-4,7,11H,5H2,1H3,(H,14,15)(H,16,17). The maximum absolute atomic E-state index is 11.3. The van der Waals surface area contributed by atoms with Crippen molar-refractivity contribution in [3.05, 3.63) is 28.8 Å². The number of carbonyl (C=O) groups is 2. The summed E-state index contributed by atoms with van der Waals surface area (Å²) in [6.45, 7) is 0. The molecule has 6 heteroatoms. The fourth-order valence-corrected chi connectivity index (χ4v) is 2.34. The third-order valence-electron chi connectivity index (χ3n) is 2.98. The van der Waals surface area contributed by atoms with Crippen molar-refractivity contribution in [2.24, 2.45) is 5.92 Å². The molecule has 2 unspecified atom stereocenters. The summed E-state index contributed by atoms with van der Waals surface area (Å²) in [5, 5.41) is 12.1. The SMILES string of the molecule is COc1ccc(C2NC(=O)CC2C(=O)O)cc1Cl. The van der Waals surface area contributed by atoms with Crippen molar-refractivity contribution in [3.8, 4) is 5.75 Å². The quantitative estimate of drug-likeness (QED) is 0.874. The molecule has 0 radical (unpaired) electrons. The van der Waals surface area contributed by atoms with E-state index in [0.717, 1.165) is 0 Å². The number of hydrogen-bond acceptors (Lipinski definition) is 3. The number of amides is 1. The summed E-state index contributed by atoms with van der Waals surface area (Å²) in [5.41, 5.74) is 0.666. The molecule has 1 saturated heterocycles. The Balaban J connectivity index is 2.33. The first-order valence-corrected chi connectivity index (χ1v) is 5.76. The molecule has 0 spiro atoms. The van der Waals surface area contributed by atoms with E-state index < -0.39 is 17.9 Å². The van der Waals surface area contributed by atoms with Crippen LogP contribution in [-0.4, -0.2) is 24.1 Å². The maximum Gasteiger partial charge on any atom is 0.309 e. The van der Waals surface area contributed by atoms with Gasteiger partial charge in [0, 0.05) is 6.42 Å². The molecule has 1 fully saturated rings. The average Bonchev–Trinajstić information content (AvgIpc) is 2.71. The molecule has 2 N–H and O–H groups in total. The average molecular weight is 270 g/mol. The molecule has 1 aliphatic heterocycles. The zero-order chi connectivity index (χ0) is 13.3. The highest BCUT2D eigenvalue weighted by molar-refractivity contribution is 6.32. The van der Waals surface area contributed by atoms with Gasteiger partial charge >= 0.3 is 5.97 Å². The molecular weight excluding hydrogens is 258 g/mol. The highest BCUT2D eigenvalue weighted by atomic mass is 35.5. The van der Waals surface area contributed by atoms with Crippen LogP contribution in [0.5, 0.6) is 5.75 Å². The highest BCUT2D eigenvalue weighted by Gasteiger charge is 2.38. The van der Waals surface area contributed by atoms with Gasteiger partial charge in [0.05, 0.1) is 24.1 Å². The predicted octanol–water partition coefficient (Wildman–Crippen LogP) is 1.61. The molecule has 2 atom stereocenters.